The van der Waals surface area contributed by atoms with Crippen LogP contribution in [0.5, 0.6) is 5.75 Å². The van der Waals surface area contributed by atoms with Crippen molar-refractivity contribution in [2.75, 3.05) is 22.5 Å². The largest absolute Gasteiger partial charge is 0.484 e. The van der Waals surface area contributed by atoms with Crippen molar-refractivity contribution >= 4 is 43.2 Å². The summed E-state index contributed by atoms with van der Waals surface area (Å²) >= 11 is 3.34. The van der Waals surface area contributed by atoms with Crippen LogP contribution in [0.15, 0.2) is 83.3 Å². The van der Waals surface area contributed by atoms with Crippen LogP contribution in [0.25, 0.3) is 0 Å². The molecule has 6 nitrogen and oxygen atoms in total. The number of benzene rings is 3. The minimum atomic E-state index is -3.47. The molecule has 0 bridgehead atoms. The molecule has 0 aliphatic rings. The third-order valence-corrected chi connectivity index (χ3v) is 5.86. The number of ether oxygens (including phenoxy) is 1. The molecule has 0 unspecified atom stereocenters. The molecule has 3 aromatic carbocycles. The molecule has 0 aromatic heterocycles. The van der Waals surface area contributed by atoms with Crippen molar-refractivity contribution < 1.29 is 17.9 Å². The molecule has 0 atom stereocenters. The molecule has 156 valence electrons. The van der Waals surface area contributed by atoms with Crippen LogP contribution in [-0.2, 0) is 21.4 Å². The number of rotatable bonds is 8. The van der Waals surface area contributed by atoms with Gasteiger partial charge in [0.2, 0.25) is 10.0 Å². The Morgan fingerprint density at radius 3 is 2.20 bits per heavy atom. The number of nitrogens with zero attached hydrogens (tertiary/aromatic N) is 1. The minimum absolute atomic E-state index is 0.158. The molecule has 0 spiro atoms. The first-order valence-electron chi connectivity index (χ1n) is 9.11. The highest BCUT2D eigenvalue weighted by molar-refractivity contribution is 9.10. The van der Waals surface area contributed by atoms with Crippen molar-refractivity contribution in [1.29, 1.82) is 0 Å². The topological polar surface area (TPSA) is 75.7 Å². The minimum Gasteiger partial charge on any atom is -0.484 e. The summed E-state index contributed by atoms with van der Waals surface area (Å²) in [6, 6.07) is 23.2. The number of anilines is 2. The Morgan fingerprint density at radius 2 is 1.60 bits per heavy atom. The van der Waals surface area contributed by atoms with Crippen LogP contribution in [0.2, 0.25) is 0 Å². The van der Waals surface area contributed by atoms with Crippen LogP contribution in [0.4, 0.5) is 11.4 Å². The SMILES string of the molecule is CS(=O)(=O)N(Cc1ccccc1)c1ccc(OCC(=O)Nc2ccc(Br)cc2)cc1. The molecule has 3 rings (SSSR count). The molecule has 0 aliphatic carbocycles. The fourth-order valence-corrected chi connectivity index (χ4v) is 3.89. The first-order chi connectivity index (χ1) is 14.3. The third kappa shape index (κ3) is 6.33. The molecule has 3 aromatic rings. The van der Waals surface area contributed by atoms with Crippen LogP contribution >= 0.6 is 15.9 Å². The molecule has 0 aliphatic heterocycles. The summed E-state index contributed by atoms with van der Waals surface area (Å²) in [5.74, 6) is 0.182. The zero-order chi connectivity index (χ0) is 21.6. The number of carbonyl (C=O) groups is 1. The number of halogens is 1. The quantitative estimate of drug-likeness (QED) is 0.508. The van der Waals surface area contributed by atoms with E-state index in [-0.39, 0.29) is 19.1 Å². The monoisotopic (exact) mass is 488 g/mol. The van der Waals surface area contributed by atoms with E-state index in [2.05, 4.69) is 21.2 Å². The second-order valence-corrected chi connectivity index (χ2v) is 9.42. The summed E-state index contributed by atoms with van der Waals surface area (Å²) in [5, 5.41) is 2.74. The molecule has 0 saturated carbocycles. The van der Waals surface area contributed by atoms with Crippen molar-refractivity contribution in [2.45, 2.75) is 6.54 Å². The third-order valence-electron chi connectivity index (χ3n) is 4.19. The molecule has 8 heteroatoms. The predicted molar refractivity (Wildman–Crippen MR) is 122 cm³/mol. The zero-order valence-corrected chi connectivity index (χ0v) is 18.7. The van der Waals surface area contributed by atoms with Crippen LogP contribution in [0.3, 0.4) is 0 Å². The van der Waals surface area contributed by atoms with Gasteiger partial charge in [0, 0.05) is 10.2 Å². The van der Waals surface area contributed by atoms with Crippen LogP contribution in [0, 0.1) is 0 Å². The van der Waals surface area contributed by atoms with Gasteiger partial charge in [0.1, 0.15) is 5.75 Å². The Hall–Kier alpha value is -2.84. The summed E-state index contributed by atoms with van der Waals surface area (Å²) in [6.45, 7) is 0.0741. The van der Waals surface area contributed by atoms with E-state index in [4.69, 9.17) is 4.74 Å². The maximum absolute atomic E-state index is 12.3. The van der Waals surface area contributed by atoms with Crippen molar-refractivity contribution in [2.24, 2.45) is 0 Å². The van der Waals surface area contributed by atoms with Gasteiger partial charge in [-0.25, -0.2) is 8.42 Å². The van der Waals surface area contributed by atoms with Gasteiger partial charge < -0.3 is 10.1 Å². The van der Waals surface area contributed by atoms with E-state index in [9.17, 15) is 13.2 Å². The molecular weight excluding hydrogens is 468 g/mol. The number of nitrogens with one attached hydrogen (secondary N) is 1. The highest BCUT2D eigenvalue weighted by Crippen LogP contribution is 2.24. The smallest absolute Gasteiger partial charge is 0.262 e. The lowest BCUT2D eigenvalue weighted by atomic mass is 10.2. The highest BCUT2D eigenvalue weighted by Gasteiger charge is 2.18. The highest BCUT2D eigenvalue weighted by atomic mass is 79.9. The lowest BCUT2D eigenvalue weighted by Crippen LogP contribution is -2.29. The molecule has 0 radical (unpaired) electrons. The Morgan fingerprint density at radius 1 is 0.967 bits per heavy atom. The summed E-state index contributed by atoms with van der Waals surface area (Å²) < 4.78 is 32.3. The molecule has 0 saturated heterocycles. The van der Waals surface area contributed by atoms with Crippen LogP contribution < -0.4 is 14.4 Å². The van der Waals surface area contributed by atoms with E-state index >= 15 is 0 Å². The normalized spacial score (nSPS) is 11.0. The Kier molecular flexibility index (Phi) is 7.12. The van der Waals surface area contributed by atoms with Gasteiger partial charge in [-0.05, 0) is 54.1 Å². The summed E-state index contributed by atoms with van der Waals surface area (Å²) in [5.41, 5.74) is 2.08. The number of hydrogen-bond acceptors (Lipinski definition) is 4. The van der Waals surface area contributed by atoms with E-state index in [0.717, 1.165) is 10.0 Å². The fourth-order valence-electron chi connectivity index (χ4n) is 2.74. The van der Waals surface area contributed by atoms with Gasteiger partial charge in [-0.15, -0.1) is 0 Å². The van der Waals surface area contributed by atoms with Crippen molar-refractivity contribution in [3.8, 4) is 5.75 Å². The van der Waals surface area contributed by atoms with Gasteiger partial charge in [0.05, 0.1) is 18.5 Å². The van der Waals surface area contributed by atoms with Crippen LogP contribution in [0.1, 0.15) is 5.56 Å². The molecule has 1 amide bonds. The van der Waals surface area contributed by atoms with E-state index < -0.39 is 10.0 Å². The van der Waals surface area contributed by atoms with Gasteiger partial charge in [-0.1, -0.05) is 46.3 Å². The van der Waals surface area contributed by atoms with Gasteiger partial charge in [0.25, 0.3) is 5.91 Å². The average Bonchev–Trinajstić information content (AvgIpc) is 2.73. The Bertz CT molecular complexity index is 1090. The Balaban J connectivity index is 1.62. The number of carbonyl (C=O) groups excluding carboxylic acids is 1. The first kappa shape index (κ1) is 21.9. The number of sulfonamides is 1. The van der Waals surface area contributed by atoms with Crippen molar-refractivity contribution in [3.05, 3.63) is 88.9 Å². The van der Waals surface area contributed by atoms with E-state index in [1.807, 2.05) is 42.5 Å². The fraction of sp³-hybridized carbons (Fsp3) is 0.136. The first-order valence-corrected chi connectivity index (χ1v) is 11.8. The van der Waals surface area contributed by atoms with Crippen LogP contribution in [-0.4, -0.2) is 27.2 Å². The summed E-state index contributed by atoms with van der Waals surface area (Å²) in [7, 11) is -3.47. The second-order valence-electron chi connectivity index (χ2n) is 6.59. The van der Waals surface area contributed by atoms with Gasteiger partial charge >= 0.3 is 0 Å². The molecule has 0 heterocycles. The molecule has 1 N–H and O–H groups in total. The summed E-state index contributed by atoms with van der Waals surface area (Å²) in [6.07, 6.45) is 1.17. The van der Waals surface area contributed by atoms with Crippen molar-refractivity contribution in [3.63, 3.8) is 0 Å². The average molecular weight is 489 g/mol. The maximum atomic E-state index is 12.3. The number of hydrogen-bond donors (Lipinski definition) is 1. The Labute approximate surface area is 184 Å². The number of amides is 1. The molecular formula is C22H21BrN2O4S. The standard InChI is InChI=1S/C22H21BrN2O4S/c1-30(27,28)25(15-17-5-3-2-4-6-17)20-11-13-21(14-12-20)29-16-22(26)24-19-9-7-18(23)8-10-19/h2-14H,15-16H2,1H3,(H,24,26). The van der Waals surface area contributed by atoms with E-state index in [1.165, 1.54) is 10.6 Å². The predicted octanol–water partition coefficient (Wildman–Crippen LogP) is 4.43. The van der Waals surface area contributed by atoms with Crippen molar-refractivity contribution in [1.82, 2.24) is 0 Å². The van der Waals surface area contributed by atoms with E-state index in [0.29, 0.717) is 17.1 Å². The lowest BCUT2D eigenvalue weighted by molar-refractivity contribution is -0.118. The summed E-state index contributed by atoms with van der Waals surface area (Å²) in [4.78, 5) is 12.0. The van der Waals surface area contributed by atoms with Gasteiger partial charge in [-0.2, -0.15) is 0 Å². The zero-order valence-electron chi connectivity index (χ0n) is 16.3. The molecule has 0 fully saturated rings. The molecule has 30 heavy (non-hydrogen) atoms. The lowest BCUT2D eigenvalue weighted by Gasteiger charge is -2.22. The van der Waals surface area contributed by atoms with Gasteiger partial charge in [-0.3, -0.25) is 9.10 Å². The maximum Gasteiger partial charge on any atom is 0.262 e. The second kappa shape index (κ2) is 9.77. The van der Waals surface area contributed by atoms with Gasteiger partial charge in [0.15, 0.2) is 6.61 Å². The van der Waals surface area contributed by atoms with E-state index in [1.54, 1.807) is 36.4 Å².